The summed E-state index contributed by atoms with van der Waals surface area (Å²) in [5.41, 5.74) is 2.81. The van der Waals surface area contributed by atoms with Gasteiger partial charge >= 0.3 is 0 Å². The second-order valence-corrected chi connectivity index (χ2v) is 3.79. The minimum absolute atomic E-state index is 0.0294. The summed E-state index contributed by atoms with van der Waals surface area (Å²) >= 11 is 4.77. The lowest BCUT2D eigenvalue weighted by molar-refractivity contribution is 0.102. The average molecular weight is 226 g/mol. The molecule has 3 nitrogen and oxygen atoms in total. The van der Waals surface area contributed by atoms with Crippen LogP contribution >= 0.6 is 12.6 Å². The first kappa shape index (κ1) is 12.3. The van der Waals surface area contributed by atoms with Gasteiger partial charge in [-0.2, -0.15) is 0 Å². The number of ketones is 1. The van der Waals surface area contributed by atoms with Crippen molar-refractivity contribution in [3.8, 4) is 0 Å². The molecule has 1 heterocycles. The third kappa shape index (κ3) is 2.63. The molecule has 1 radical (unpaired) electrons. The first-order valence-corrected chi connectivity index (χ1v) is 5.46. The molecule has 0 aliphatic rings. The maximum Gasteiger partial charge on any atom is 0.175 e. The van der Waals surface area contributed by atoms with E-state index in [9.17, 15) is 4.79 Å². The van der Waals surface area contributed by atoms with Crippen molar-refractivity contribution in [1.29, 1.82) is 0 Å². The van der Waals surface area contributed by atoms with Crippen LogP contribution in [0.1, 0.15) is 21.7 Å². The summed E-state index contributed by atoms with van der Waals surface area (Å²) in [7, 11) is 1.67. The average Bonchev–Trinajstić information content (AvgIpc) is 2.51. The number of methoxy groups -OCH3 is 1. The Morgan fingerprint density at radius 2 is 2.20 bits per heavy atom. The molecule has 0 aromatic carbocycles. The summed E-state index contributed by atoms with van der Waals surface area (Å²) in [6, 6.07) is 1.90. The van der Waals surface area contributed by atoms with Crippen LogP contribution in [0.15, 0.2) is 6.07 Å². The van der Waals surface area contributed by atoms with Gasteiger partial charge in [0, 0.05) is 30.6 Å². The van der Waals surface area contributed by atoms with Crippen molar-refractivity contribution in [2.24, 2.45) is 0 Å². The number of nitrogens with zero attached hydrogens (tertiary/aromatic N) is 1. The van der Waals surface area contributed by atoms with E-state index in [0.29, 0.717) is 6.61 Å². The van der Waals surface area contributed by atoms with Gasteiger partial charge in [0.2, 0.25) is 0 Å². The molecule has 0 aliphatic heterocycles. The van der Waals surface area contributed by atoms with E-state index in [0.717, 1.165) is 23.5 Å². The predicted molar refractivity (Wildman–Crippen MR) is 62.6 cm³/mol. The molecule has 83 valence electrons. The fraction of sp³-hybridized carbons (Fsp3) is 0.545. The number of carbonyl (C=O) groups is 1. The van der Waals surface area contributed by atoms with E-state index in [1.807, 2.05) is 19.9 Å². The largest absolute Gasteiger partial charge is 0.383 e. The van der Waals surface area contributed by atoms with Crippen molar-refractivity contribution in [2.75, 3.05) is 19.5 Å². The number of ether oxygens (including phenoxy) is 1. The van der Waals surface area contributed by atoms with Gasteiger partial charge in [-0.3, -0.25) is 4.79 Å². The Morgan fingerprint density at radius 3 is 2.73 bits per heavy atom. The molecular formula is C11H16NO2S. The Bertz CT molecular complexity index is 358. The first-order chi connectivity index (χ1) is 7.11. The summed E-state index contributed by atoms with van der Waals surface area (Å²) in [5, 5.41) is 0. The van der Waals surface area contributed by atoms with Gasteiger partial charge in [0.1, 0.15) is 0 Å². The molecule has 0 saturated carbocycles. The zero-order valence-corrected chi connectivity index (χ0v) is 10.2. The van der Waals surface area contributed by atoms with Crippen molar-refractivity contribution in [1.82, 2.24) is 4.57 Å². The number of aromatic nitrogens is 1. The molecule has 0 amide bonds. The van der Waals surface area contributed by atoms with E-state index in [2.05, 4.69) is 4.57 Å². The SMILES string of the molecule is COCCn1c(C)cc(C(=O)C[S])c1C. The lowest BCUT2D eigenvalue weighted by Crippen LogP contribution is -2.09. The minimum Gasteiger partial charge on any atom is -0.383 e. The number of Topliss-reactive ketones (excluding diaryl/α,β-unsaturated/α-hetero) is 1. The number of hydrogen-bond acceptors (Lipinski definition) is 2. The van der Waals surface area contributed by atoms with E-state index in [-0.39, 0.29) is 11.5 Å². The standard InChI is InChI=1S/C11H16NO2S/c1-8-6-10(11(13)7-15)9(2)12(8)4-5-14-3/h6H,4-5,7H2,1-3H3. The highest BCUT2D eigenvalue weighted by Gasteiger charge is 2.13. The summed E-state index contributed by atoms with van der Waals surface area (Å²) in [4.78, 5) is 11.5. The lowest BCUT2D eigenvalue weighted by Gasteiger charge is -2.08. The predicted octanol–water partition coefficient (Wildman–Crippen LogP) is 2.13. The quantitative estimate of drug-likeness (QED) is 0.720. The molecule has 0 fully saturated rings. The third-order valence-corrected chi connectivity index (χ3v) is 2.79. The molecule has 0 aliphatic carbocycles. The molecule has 0 bridgehead atoms. The van der Waals surface area contributed by atoms with E-state index >= 15 is 0 Å². The molecule has 0 saturated heterocycles. The smallest absolute Gasteiger partial charge is 0.175 e. The van der Waals surface area contributed by atoms with Crippen LogP contribution in [-0.4, -0.2) is 29.8 Å². The van der Waals surface area contributed by atoms with E-state index in [4.69, 9.17) is 17.4 Å². The van der Waals surface area contributed by atoms with Crippen LogP contribution < -0.4 is 0 Å². The molecule has 1 aromatic rings. The Balaban J connectivity index is 2.98. The fourth-order valence-corrected chi connectivity index (χ4v) is 1.84. The van der Waals surface area contributed by atoms with Gasteiger partial charge in [0.25, 0.3) is 0 Å². The third-order valence-electron chi connectivity index (χ3n) is 2.52. The highest BCUT2D eigenvalue weighted by molar-refractivity contribution is 7.81. The van der Waals surface area contributed by atoms with Gasteiger partial charge < -0.3 is 9.30 Å². The number of aryl methyl sites for hydroxylation is 1. The zero-order chi connectivity index (χ0) is 11.4. The Kier molecular flexibility index (Phi) is 4.42. The Hall–Kier alpha value is -0.740. The van der Waals surface area contributed by atoms with Crippen LogP contribution in [0.3, 0.4) is 0 Å². The first-order valence-electron chi connectivity index (χ1n) is 4.88. The lowest BCUT2D eigenvalue weighted by atomic mass is 10.2. The van der Waals surface area contributed by atoms with Gasteiger partial charge in [-0.15, -0.1) is 0 Å². The minimum atomic E-state index is 0.0294. The van der Waals surface area contributed by atoms with Crippen LogP contribution in [0.25, 0.3) is 0 Å². The fourth-order valence-electron chi connectivity index (χ4n) is 1.69. The van der Waals surface area contributed by atoms with Gasteiger partial charge in [0.15, 0.2) is 5.78 Å². The highest BCUT2D eigenvalue weighted by Crippen LogP contribution is 2.15. The van der Waals surface area contributed by atoms with Crippen LogP contribution in [0.2, 0.25) is 0 Å². The van der Waals surface area contributed by atoms with Crippen molar-refractivity contribution >= 4 is 18.4 Å². The summed E-state index contributed by atoms with van der Waals surface area (Å²) in [6.45, 7) is 5.36. The molecule has 15 heavy (non-hydrogen) atoms. The van der Waals surface area contributed by atoms with E-state index in [1.54, 1.807) is 7.11 Å². The van der Waals surface area contributed by atoms with Crippen molar-refractivity contribution in [2.45, 2.75) is 20.4 Å². The van der Waals surface area contributed by atoms with E-state index in [1.165, 1.54) is 0 Å². The number of hydrogen-bond donors (Lipinski definition) is 0. The monoisotopic (exact) mass is 226 g/mol. The molecule has 1 rings (SSSR count). The maximum absolute atomic E-state index is 11.5. The number of rotatable bonds is 5. The summed E-state index contributed by atoms with van der Waals surface area (Å²) in [6.07, 6.45) is 0. The highest BCUT2D eigenvalue weighted by atomic mass is 32.1. The summed E-state index contributed by atoms with van der Waals surface area (Å²) < 4.78 is 7.11. The Morgan fingerprint density at radius 1 is 1.53 bits per heavy atom. The molecule has 0 atom stereocenters. The second kappa shape index (κ2) is 5.37. The van der Waals surface area contributed by atoms with Crippen LogP contribution in [-0.2, 0) is 11.3 Å². The molecule has 1 aromatic heterocycles. The molecular weight excluding hydrogens is 210 g/mol. The Labute approximate surface area is 95.8 Å². The van der Waals surface area contributed by atoms with Gasteiger partial charge in [-0.1, -0.05) is 12.6 Å². The molecule has 0 unspecified atom stereocenters. The van der Waals surface area contributed by atoms with Crippen molar-refractivity contribution < 1.29 is 9.53 Å². The normalized spacial score (nSPS) is 10.7. The van der Waals surface area contributed by atoms with Crippen molar-refractivity contribution in [3.63, 3.8) is 0 Å². The van der Waals surface area contributed by atoms with Crippen molar-refractivity contribution in [3.05, 3.63) is 23.0 Å². The van der Waals surface area contributed by atoms with E-state index < -0.39 is 0 Å². The van der Waals surface area contributed by atoms with Crippen LogP contribution in [0.5, 0.6) is 0 Å². The zero-order valence-electron chi connectivity index (χ0n) is 9.37. The van der Waals surface area contributed by atoms with Gasteiger partial charge in [-0.05, 0) is 19.9 Å². The molecule has 4 heteroatoms. The van der Waals surface area contributed by atoms with Crippen LogP contribution in [0, 0.1) is 13.8 Å². The topological polar surface area (TPSA) is 31.2 Å². The maximum atomic E-state index is 11.5. The molecule has 0 N–H and O–H groups in total. The van der Waals surface area contributed by atoms with Gasteiger partial charge in [0.05, 0.1) is 12.4 Å². The van der Waals surface area contributed by atoms with Gasteiger partial charge in [-0.25, -0.2) is 0 Å². The summed E-state index contributed by atoms with van der Waals surface area (Å²) in [5.74, 6) is 0.177. The number of carbonyl (C=O) groups excluding carboxylic acids is 1. The molecule has 0 spiro atoms. The second-order valence-electron chi connectivity index (χ2n) is 3.50. The van der Waals surface area contributed by atoms with Crippen LogP contribution in [0.4, 0.5) is 0 Å².